The van der Waals surface area contributed by atoms with E-state index in [0.717, 1.165) is 38.5 Å². The van der Waals surface area contributed by atoms with E-state index in [1.807, 2.05) is 0 Å². The van der Waals surface area contributed by atoms with E-state index in [4.69, 9.17) is 10.2 Å². The summed E-state index contributed by atoms with van der Waals surface area (Å²) in [6.07, 6.45) is 8.63. The molecule has 0 aliphatic rings. The van der Waals surface area contributed by atoms with E-state index in [1.54, 1.807) is 0 Å². The van der Waals surface area contributed by atoms with Gasteiger partial charge in [-0.2, -0.15) is 12.8 Å². The van der Waals surface area contributed by atoms with Gasteiger partial charge in [0.15, 0.2) is 0 Å². The second-order valence-electron chi connectivity index (χ2n) is 3.86. The van der Waals surface area contributed by atoms with Crippen molar-refractivity contribution in [2.45, 2.75) is 79.1 Å². The van der Waals surface area contributed by atoms with Crippen LogP contribution in [0.1, 0.15) is 79.1 Å². The zero-order valence-corrected chi connectivity index (χ0v) is 15.4. The summed E-state index contributed by atoms with van der Waals surface area (Å²) in [6, 6.07) is 0. The van der Waals surface area contributed by atoms with Gasteiger partial charge >= 0.3 is 21.7 Å². The maximum absolute atomic E-state index is 8.07. The molecule has 0 radical (unpaired) electrons. The molecule has 0 bridgehead atoms. The van der Waals surface area contributed by atoms with Crippen molar-refractivity contribution in [1.29, 1.82) is 0 Å². The van der Waals surface area contributed by atoms with Gasteiger partial charge in [-0.05, 0) is 12.8 Å². The van der Waals surface area contributed by atoms with Crippen LogP contribution < -0.4 is 0 Å². The Bertz CT molecular complexity index is 63.1. The van der Waals surface area contributed by atoms with E-state index < -0.39 is 0 Å². The second-order valence-corrected chi connectivity index (χ2v) is 3.86. The van der Waals surface area contributed by atoms with Gasteiger partial charge in [0, 0.05) is 13.2 Å². The zero-order valence-electron chi connectivity index (χ0n) is 13.9. The molecule has 0 fully saturated rings. The Hall–Kier alpha value is 0.634. The van der Waals surface area contributed by atoms with E-state index >= 15 is 0 Å². The standard InChI is InChI=1S/2C4H10O.2C4H9.Ti/c2*1-2-3-4-5;2*1-3-4-2;/h2*5H,2-4H2,1H3;2*1,3-4H2,2H3;/q;;2*-1;+2. The minimum atomic E-state index is 0. The summed E-state index contributed by atoms with van der Waals surface area (Å²) in [5.41, 5.74) is 0. The van der Waals surface area contributed by atoms with E-state index in [0.29, 0.717) is 13.2 Å². The van der Waals surface area contributed by atoms with Crippen molar-refractivity contribution in [2.75, 3.05) is 13.2 Å². The van der Waals surface area contributed by atoms with Gasteiger partial charge < -0.3 is 24.1 Å². The largest absolute Gasteiger partial charge is 2.00 e. The van der Waals surface area contributed by atoms with Crippen LogP contribution in [-0.2, 0) is 21.7 Å². The van der Waals surface area contributed by atoms with Crippen LogP contribution in [0.5, 0.6) is 0 Å². The third-order valence-electron chi connectivity index (χ3n) is 1.73. The first kappa shape index (κ1) is 31.8. The van der Waals surface area contributed by atoms with Crippen LogP contribution in [0, 0.1) is 13.8 Å². The fourth-order valence-corrected chi connectivity index (χ4v) is 0.316. The molecular weight excluding hydrogens is 272 g/mol. The fraction of sp³-hybridized carbons (Fsp3) is 0.875. The van der Waals surface area contributed by atoms with Crippen molar-refractivity contribution < 1.29 is 31.9 Å². The maximum Gasteiger partial charge on any atom is 2.00 e. The molecule has 0 saturated carbocycles. The third kappa shape index (κ3) is 117. The van der Waals surface area contributed by atoms with Crippen molar-refractivity contribution in [3.63, 3.8) is 0 Å². The third-order valence-corrected chi connectivity index (χ3v) is 1.73. The van der Waals surface area contributed by atoms with Crippen molar-refractivity contribution in [3.05, 3.63) is 13.8 Å². The number of hydrogen-bond acceptors (Lipinski definition) is 2. The Labute approximate surface area is 138 Å². The van der Waals surface area contributed by atoms with Gasteiger partial charge in [0.25, 0.3) is 0 Å². The molecule has 118 valence electrons. The Morgan fingerprint density at radius 1 is 0.632 bits per heavy atom. The average molecular weight is 310 g/mol. The molecule has 0 aromatic carbocycles. The Morgan fingerprint density at radius 2 is 0.842 bits per heavy atom. The predicted octanol–water partition coefficient (Wildman–Crippen LogP) is 4.80. The smallest absolute Gasteiger partial charge is 0.396 e. The van der Waals surface area contributed by atoms with Gasteiger partial charge in [-0.3, -0.25) is 0 Å². The van der Waals surface area contributed by atoms with Crippen molar-refractivity contribution >= 4 is 0 Å². The van der Waals surface area contributed by atoms with Gasteiger partial charge in [0.05, 0.1) is 0 Å². The Morgan fingerprint density at radius 3 is 0.842 bits per heavy atom. The molecule has 0 amide bonds. The van der Waals surface area contributed by atoms with Gasteiger partial charge in [-0.15, -0.1) is 0 Å². The molecule has 0 unspecified atom stereocenters. The summed E-state index contributed by atoms with van der Waals surface area (Å²) < 4.78 is 0. The predicted molar refractivity (Wildman–Crippen MR) is 84.5 cm³/mol. The van der Waals surface area contributed by atoms with E-state index in [9.17, 15) is 0 Å². The van der Waals surface area contributed by atoms with Crippen LogP contribution in [0.3, 0.4) is 0 Å². The summed E-state index contributed by atoms with van der Waals surface area (Å²) >= 11 is 0. The number of hydrogen-bond donors (Lipinski definition) is 2. The van der Waals surface area contributed by atoms with Gasteiger partial charge in [0.1, 0.15) is 0 Å². The molecule has 3 heteroatoms. The van der Waals surface area contributed by atoms with Crippen LogP contribution in [0.2, 0.25) is 0 Å². The zero-order chi connectivity index (χ0) is 15.1. The topological polar surface area (TPSA) is 40.5 Å². The molecule has 0 heterocycles. The Balaban J connectivity index is -0.0000000453. The molecule has 0 atom stereocenters. The average Bonchev–Trinajstić information content (AvgIpc) is 2.42. The second kappa shape index (κ2) is 51.2. The van der Waals surface area contributed by atoms with E-state index in [-0.39, 0.29) is 21.7 Å². The molecule has 0 spiro atoms. The first-order chi connectivity index (χ1) is 8.66. The van der Waals surface area contributed by atoms with Gasteiger partial charge in [-0.1, -0.05) is 53.4 Å². The number of aliphatic hydroxyl groups is 2. The van der Waals surface area contributed by atoms with Crippen LogP contribution in [0.25, 0.3) is 0 Å². The number of rotatable bonds is 6. The molecule has 2 N–H and O–H groups in total. The monoisotopic (exact) mass is 310 g/mol. The van der Waals surface area contributed by atoms with Gasteiger partial charge in [-0.25, -0.2) is 0 Å². The minimum absolute atomic E-state index is 0. The van der Waals surface area contributed by atoms with Crippen LogP contribution >= 0.6 is 0 Å². The van der Waals surface area contributed by atoms with Crippen LogP contribution in [0.4, 0.5) is 0 Å². The summed E-state index contributed by atoms with van der Waals surface area (Å²) in [5.74, 6) is 0. The van der Waals surface area contributed by atoms with Gasteiger partial charge in [0.2, 0.25) is 0 Å². The Kier molecular flexibility index (Phi) is 85.9. The van der Waals surface area contributed by atoms with E-state index in [2.05, 4.69) is 41.5 Å². The molecule has 0 saturated heterocycles. The summed E-state index contributed by atoms with van der Waals surface area (Å²) in [5, 5.41) is 16.1. The van der Waals surface area contributed by atoms with Crippen LogP contribution in [-0.4, -0.2) is 23.4 Å². The summed E-state index contributed by atoms with van der Waals surface area (Å²) in [4.78, 5) is 0. The normalized spacial score (nSPS) is 7.58. The fourth-order valence-electron chi connectivity index (χ4n) is 0.316. The van der Waals surface area contributed by atoms with Crippen molar-refractivity contribution in [1.82, 2.24) is 0 Å². The molecule has 0 aromatic heterocycles. The van der Waals surface area contributed by atoms with E-state index in [1.165, 1.54) is 12.8 Å². The molecule has 0 aliphatic carbocycles. The van der Waals surface area contributed by atoms with Crippen molar-refractivity contribution in [2.24, 2.45) is 0 Å². The summed E-state index contributed by atoms with van der Waals surface area (Å²) in [6.45, 7) is 16.2. The molecule has 0 aliphatic heterocycles. The molecule has 19 heavy (non-hydrogen) atoms. The molecule has 0 aromatic rings. The van der Waals surface area contributed by atoms with Crippen LogP contribution in [0.15, 0.2) is 0 Å². The van der Waals surface area contributed by atoms with Crippen molar-refractivity contribution in [3.8, 4) is 0 Å². The maximum atomic E-state index is 8.07. The molecule has 0 rings (SSSR count). The number of aliphatic hydroxyl groups excluding tert-OH is 2. The SMILES string of the molecule is CCCCO.CCCCO.[CH2-]CCC.[CH2-]CCC.[Ti+2]. The first-order valence-corrected chi connectivity index (χ1v) is 7.46. The first-order valence-electron chi connectivity index (χ1n) is 7.46. The molecule has 2 nitrogen and oxygen atoms in total. The molecular formula is C16H38O2Ti. The number of unbranched alkanes of at least 4 members (excludes halogenated alkanes) is 4. The summed E-state index contributed by atoms with van der Waals surface area (Å²) in [7, 11) is 0. The minimum Gasteiger partial charge on any atom is -0.396 e. The quantitative estimate of drug-likeness (QED) is 0.546.